The molecule has 11 rings (SSSR count). The summed E-state index contributed by atoms with van der Waals surface area (Å²) < 4.78 is 0. The van der Waals surface area contributed by atoms with Crippen LogP contribution in [0.4, 0.5) is 0 Å². The summed E-state index contributed by atoms with van der Waals surface area (Å²) in [5, 5.41) is 6.43. The van der Waals surface area contributed by atoms with Crippen molar-refractivity contribution >= 4 is 65.4 Å². The first-order chi connectivity index (χ1) is 26.7. The Labute approximate surface area is 309 Å². The van der Waals surface area contributed by atoms with Crippen LogP contribution in [0.1, 0.15) is 0 Å². The largest absolute Gasteiger partial charge is 0.254 e. The molecule has 250 valence electrons. The molecule has 0 aliphatic carbocycles. The lowest BCUT2D eigenvalue weighted by Crippen LogP contribution is -1.91. The van der Waals surface area contributed by atoms with Gasteiger partial charge in [-0.3, -0.25) is 15.0 Å². The van der Waals surface area contributed by atoms with Crippen LogP contribution in [0, 0.1) is 0 Å². The van der Waals surface area contributed by atoms with Crippen LogP contribution in [0.3, 0.4) is 0 Å². The number of hydrogen-bond acceptors (Lipinski definition) is 6. The van der Waals surface area contributed by atoms with Crippen molar-refractivity contribution in [1.29, 1.82) is 0 Å². The molecular formula is C48H28N6. The smallest absolute Gasteiger partial charge is 0.0972 e. The summed E-state index contributed by atoms with van der Waals surface area (Å²) in [7, 11) is 0. The lowest BCUT2D eigenvalue weighted by molar-refractivity contribution is 1.36. The predicted octanol–water partition coefficient (Wildman–Crippen LogP) is 11.6. The van der Waals surface area contributed by atoms with Crippen molar-refractivity contribution in [3.63, 3.8) is 0 Å². The minimum atomic E-state index is 0.886. The number of pyridine rings is 6. The van der Waals surface area contributed by atoms with Crippen molar-refractivity contribution in [2.75, 3.05) is 0 Å². The highest BCUT2D eigenvalue weighted by Crippen LogP contribution is 2.35. The standard InChI is InChI=1S/C48H28N6/c1-4-32-12-13-33-16-19-41(54-47(33)45(32)49-23-1)30-9-7-29(8-10-30)40-21-18-36-26-34(17-20-42(36)52-40)35-14-11-31-15-22-43(53-44(31)28-35)39-27-37-5-2-24-50-46(37)48-38(39)6-3-25-51-48/h1-28H. The molecule has 0 saturated heterocycles. The molecule has 0 saturated carbocycles. The number of benzene rings is 5. The third-order valence-electron chi connectivity index (χ3n) is 10.4. The minimum Gasteiger partial charge on any atom is -0.254 e. The Morgan fingerprint density at radius 2 is 0.833 bits per heavy atom. The third-order valence-corrected chi connectivity index (χ3v) is 10.4. The van der Waals surface area contributed by atoms with E-state index >= 15 is 0 Å². The van der Waals surface area contributed by atoms with Crippen LogP contribution in [0.2, 0.25) is 0 Å². The highest BCUT2D eigenvalue weighted by atomic mass is 14.8. The van der Waals surface area contributed by atoms with Crippen molar-refractivity contribution in [1.82, 2.24) is 29.9 Å². The SMILES string of the molecule is c1cnc2c(c1)ccc1ccc(-c3ccc(-c4ccc5cc(-c6ccc7ccc(-c8cc9cccnc9c9ncccc89)nc7c6)ccc5n4)cc3)nc12. The van der Waals surface area contributed by atoms with Gasteiger partial charge in [0.15, 0.2) is 0 Å². The second kappa shape index (κ2) is 12.1. The molecule has 0 N–H and O–H groups in total. The van der Waals surface area contributed by atoms with E-state index in [0.717, 1.165) is 110 Å². The summed E-state index contributed by atoms with van der Waals surface area (Å²) >= 11 is 0. The lowest BCUT2D eigenvalue weighted by atomic mass is 9.99. The monoisotopic (exact) mass is 688 g/mol. The summed E-state index contributed by atoms with van der Waals surface area (Å²) in [5.41, 5.74) is 13.6. The molecule has 5 aromatic carbocycles. The number of fused-ring (bicyclic) bond motifs is 8. The second-order valence-electron chi connectivity index (χ2n) is 13.6. The molecule has 0 radical (unpaired) electrons. The fourth-order valence-corrected chi connectivity index (χ4v) is 7.60. The fraction of sp³-hybridized carbons (Fsp3) is 0. The van der Waals surface area contributed by atoms with Crippen molar-refractivity contribution < 1.29 is 0 Å². The molecule has 0 atom stereocenters. The van der Waals surface area contributed by atoms with Crippen molar-refractivity contribution in [3.05, 3.63) is 170 Å². The molecule has 6 nitrogen and oxygen atoms in total. The van der Waals surface area contributed by atoms with Crippen LogP contribution in [-0.4, -0.2) is 29.9 Å². The van der Waals surface area contributed by atoms with E-state index in [-0.39, 0.29) is 0 Å². The van der Waals surface area contributed by atoms with Crippen molar-refractivity contribution in [3.8, 4) is 44.9 Å². The summed E-state index contributed by atoms with van der Waals surface area (Å²) in [6.07, 6.45) is 5.46. The van der Waals surface area contributed by atoms with E-state index in [0.29, 0.717) is 0 Å². The Kier molecular flexibility index (Phi) is 6.75. The molecule has 0 amide bonds. The van der Waals surface area contributed by atoms with Gasteiger partial charge in [-0.1, -0.05) is 91.0 Å². The van der Waals surface area contributed by atoms with Crippen LogP contribution in [0.5, 0.6) is 0 Å². The van der Waals surface area contributed by atoms with E-state index in [2.05, 4.69) is 143 Å². The number of nitrogens with zero attached hydrogens (tertiary/aromatic N) is 6. The highest BCUT2D eigenvalue weighted by Gasteiger charge is 2.13. The zero-order valence-corrected chi connectivity index (χ0v) is 28.8. The van der Waals surface area contributed by atoms with Gasteiger partial charge in [0.05, 0.1) is 50.2 Å². The number of rotatable bonds is 4. The zero-order valence-electron chi connectivity index (χ0n) is 28.8. The number of aromatic nitrogens is 6. The minimum absolute atomic E-state index is 0.886. The molecule has 0 unspecified atom stereocenters. The maximum Gasteiger partial charge on any atom is 0.0972 e. The fourth-order valence-electron chi connectivity index (χ4n) is 7.60. The molecule has 6 aromatic heterocycles. The molecule has 0 aliphatic rings. The average molecular weight is 689 g/mol. The Balaban J connectivity index is 0.902. The zero-order chi connectivity index (χ0) is 35.6. The Morgan fingerprint density at radius 3 is 1.65 bits per heavy atom. The Bertz CT molecular complexity index is 3280. The van der Waals surface area contributed by atoms with Crippen LogP contribution < -0.4 is 0 Å². The summed E-state index contributed by atoms with van der Waals surface area (Å²) in [6, 6.07) is 52.6. The van der Waals surface area contributed by atoms with Gasteiger partial charge in [0.25, 0.3) is 0 Å². The van der Waals surface area contributed by atoms with Crippen LogP contribution >= 0.6 is 0 Å². The van der Waals surface area contributed by atoms with E-state index in [1.54, 1.807) is 0 Å². The molecular weight excluding hydrogens is 661 g/mol. The maximum absolute atomic E-state index is 5.18. The first-order valence-corrected chi connectivity index (χ1v) is 17.9. The van der Waals surface area contributed by atoms with Gasteiger partial charge >= 0.3 is 0 Å². The Hall–Kier alpha value is -7.44. The molecule has 0 aliphatic heterocycles. The van der Waals surface area contributed by atoms with Crippen LogP contribution in [-0.2, 0) is 0 Å². The normalized spacial score (nSPS) is 11.7. The molecule has 11 aromatic rings. The van der Waals surface area contributed by atoms with Crippen molar-refractivity contribution in [2.45, 2.75) is 0 Å². The van der Waals surface area contributed by atoms with E-state index in [9.17, 15) is 0 Å². The highest BCUT2D eigenvalue weighted by molar-refractivity contribution is 6.10. The van der Waals surface area contributed by atoms with E-state index in [1.807, 2.05) is 36.8 Å². The Morgan fingerprint density at radius 1 is 0.296 bits per heavy atom. The topological polar surface area (TPSA) is 77.3 Å². The van der Waals surface area contributed by atoms with Gasteiger partial charge in [0.1, 0.15) is 0 Å². The van der Waals surface area contributed by atoms with E-state index < -0.39 is 0 Å². The quantitative estimate of drug-likeness (QED) is 0.171. The average Bonchev–Trinajstić information content (AvgIpc) is 3.25. The van der Waals surface area contributed by atoms with Gasteiger partial charge in [0.2, 0.25) is 0 Å². The van der Waals surface area contributed by atoms with Gasteiger partial charge in [0, 0.05) is 67.6 Å². The van der Waals surface area contributed by atoms with Gasteiger partial charge in [-0.15, -0.1) is 0 Å². The van der Waals surface area contributed by atoms with Crippen LogP contribution in [0.25, 0.3) is 110 Å². The molecule has 6 heteroatoms. The lowest BCUT2D eigenvalue weighted by Gasteiger charge is -2.11. The molecule has 0 fully saturated rings. The second-order valence-corrected chi connectivity index (χ2v) is 13.6. The first kappa shape index (κ1) is 30.2. The molecule has 6 heterocycles. The first-order valence-electron chi connectivity index (χ1n) is 17.9. The van der Waals surface area contributed by atoms with Gasteiger partial charge < -0.3 is 0 Å². The van der Waals surface area contributed by atoms with Crippen LogP contribution in [0.15, 0.2) is 170 Å². The molecule has 54 heavy (non-hydrogen) atoms. The van der Waals surface area contributed by atoms with E-state index in [4.69, 9.17) is 19.9 Å². The number of hydrogen-bond donors (Lipinski definition) is 0. The van der Waals surface area contributed by atoms with Gasteiger partial charge in [-0.2, -0.15) is 0 Å². The summed E-state index contributed by atoms with van der Waals surface area (Å²) in [5.74, 6) is 0. The molecule has 0 spiro atoms. The van der Waals surface area contributed by atoms with Crippen molar-refractivity contribution in [2.24, 2.45) is 0 Å². The summed E-state index contributed by atoms with van der Waals surface area (Å²) in [4.78, 5) is 29.2. The maximum atomic E-state index is 5.18. The third kappa shape index (κ3) is 5.04. The summed E-state index contributed by atoms with van der Waals surface area (Å²) in [6.45, 7) is 0. The van der Waals surface area contributed by atoms with Gasteiger partial charge in [-0.25, -0.2) is 15.0 Å². The van der Waals surface area contributed by atoms with E-state index in [1.165, 1.54) is 0 Å². The molecule has 0 bridgehead atoms. The predicted molar refractivity (Wildman–Crippen MR) is 220 cm³/mol. The van der Waals surface area contributed by atoms with Gasteiger partial charge in [-0.05, 0) is 71.8 Å².